The molecule has 1 aromatic carbocycles. The minimum absolute atomic E-state index is 0.0266. The molecule has 1 atom stereocenters. The second-order valence-electron chi connectivity index (χ2n) is 4.30. The molecule has 0 fully saturated rings. The Morgan fingerprint density at radius 3 is 2.58 bits per heavy atom. The van der Waals surface area contributed by atoms with Gasteiger partial charge in [0, 0.05) is 0 Å². The number of aliphatic hydroxyl groups is 1. The fourth-order valence-corrected chi connectivity index (χ4v) is 1.52. The second kappa shape index (κ2) is 7.33. The fourth-order valence-electron chi connectivity index (χ4n) is 1.29. The highest BCUT2D eigenvalue weighted by Gasteiger charge is 2.11. The van der Waals surface area contributed by atoms with E-state index < -0.39 is 12.1 Å². The fraction of sp³-hybridized carbons (Fsp3) is 0.462. The Hall–Kier alpha value is -1.30. The summed E-state index contributed by atoms with van der Waals surface area (Å²) >= 11 is 5.88. The highest BCUT2D eigenvalue weighted by atomic mass is 35.5. The number of halogens is 1. The summed E-state index contributed by atoms with van der Waals surface area (Å²) in [6.07, 6.45) is -0.731. The van der Waals surface area contributed by atoms with Gasteiger partial charge in [-0.3, -0.25) is 0 Å². The van der Waals surface area contributed by atoms with Gasteiger partial charge in [0.25, 0.3) is 0 Å². The molecule has 0 saturated carbocycles. The number of hydrogen-bond donors (Lipinski definition) is 2. The molecule has 0 spiro atoms. The molecule has 106 valence electrons. The molecule has 6 heteroatoms. The summed E-state index contributed by atoms with van der Waals surface area (Å²) in [5, 5.41) is 18.6. The predicted octanol–water partition coefficient (Wildman–Crippen LogP) is 2.20. The van der Waals surface area contributed by atoms with Crippen molar-refractivity contribution in [2.45, 2.75) is 26.1 Å². The van der Waals surface area contributed by atoms with Crippen molar-refractivity contribution < 1.29 is 24.5 Å². The van der Waals surface area contributed by atoms with Crippen LogP contribution in [0.2, 0.25) is 5.02 Å². The highest BCUT2D eigenvalue weighted by molar-refractivity contribution is 6.32. The van der Waals surface area contributed by atoms with Crippen LogP contribution in [0, 0.1) is 0 Å². The van der Waals surface area contributed by atoms with Crippen LogP contribution in [0.4, 0.5) is 0 Å². The van der Waals surface area contributed by atoms with Crippen LogP contribution in [-0.4, -0.2) is 41.6 Å². The first kappa shape index (κ1) is 15.8. The van der Waals surface area contributed by atoms with Crippen molar-refractivity contribution in [2.75, 3.05) is 13.2 Å². The molecule has 1 aromatic rings. The third kappa shape index (κ3) is 5.46. The van der Waals surface area contributed by atoms with E-state index in [1.807, 2.05) is 13.8 Å². The lowest BCUT2D eigenvalue weighted by molar-refractivity contribution is -0.0122. The van der Waals surface area contributed by atoms with Crippen molar-refractivity contribution in [2.24, 2.45) is 0 Å². The molecule has 0 aliphatic rings. The molecular weight excluding hydrogens is 272 g/mol. The van der Waals surface area contributed by atoms with Crippen molar-refractivity contribution in [3.05, 3.63) is 28.8 Å². The van der Waals surface area contributed by atoms with E-state index in [1.165, 1.54) is 18.2 Å². The van der Waals surface area contributed by atoms with Crippen molar-refractivity contribution in [1.29, 1.82) is 0 Å². The molecule has 0 bridgehead atoms. The summed E-state index contributed by atoms with van der Waals surface area (Å²) < 4.78 is 10.5. The standard InChI is InChI=1S/C13H17ClO5/c1-8(2)18-6-10(15)7-19-12-4-3-9(13(16)17)5-11(12)14/h3-5,8,10,15H,6-7H2,1-2H3,(H,16,17). The minimum atomic E-state index is -1.06. The molecule has 0 amide bonds. The predicted molar refractivity (Wildman–Crippen MR) is 71.0 cm³/mol. The van der Waals surface area contributed by atoms with Crippen LogP contribution in [0.15, 0.2) is 18.2 Å². The SMILES string of the molecule is CC(C)OCC(O)COc1ccc(C(=O)O)cc1Cl. The zero-order chi connectivity index (χ0) is 14.4. The maximum absolute atomic E-state index is 10.7. The maximum atomic E-state index is 10.7. The number of carbonyl (C=O) groups is 1. The van der Waals surface area contributed by atoms with Gasteiger partial charge in [0.15, 0.2) is 0 Å². The molecule has 0 radical (unpaired) electrons. The maximum Gasteiger partial charge on any atom is 0.335 e. The van der Waals surface area contributed by atoms with E-state index in [2.05, 4.69) is 0 Å². The summed E-state index contributed by atoms with van der Waals surface area (Å²) in [7, 11) is 0. The van der Waals surface area contributed by atoms with Gasteiger partial charge in [-0.1, -0.05) is 11.6 Å². The summed E-state index contributed by atoms with van der Waals surface area (Å²) in [6.45, 7) is 3.94. The van der Waals surface area contributed by atoms with Gasteiger partial charge in [0.2, 0.25) is 0 Å². The molecule has 1 rings (SSSR count). The van der Waals surface area contributed by atoms with E-state index in [0.717, 1.165) is 0 Å². The van der Waals surface area contributed by atoms with E-state index in [9.17, 15) is 9.90 Å². The van der Waals surface area contributed by atoms with Gasteiger partial charge in [-0.2, -0.15) is 0 Å². The zero-order valence-electron chi connectivity index (χ0n) is 10.8. The molecule has 5 nitrogen and oxygen atoms in total. The van der Waals surface area contributed by atoms with Crippen LogP contribution in [-0.2, 0) is 4.74 Å². The Bertz CT molecular complexity index is 433. The normalized spacial score (nSPS) is 12.5. The van der Waals surface area contributed by atoms with Crippen molar-refractivity contribution >= 4 is 17.6 Å². The van der Waals surface area contributed by atoms with Gasteiger partial charge < -0.3 is 19.7 Å². The number of aliphatic hydroxyl groups excluding tert-OH is 1. The van der Waals surface area contributed by atoms with Gasteiger partial charge >= 0.3 is 5.97 Å². The third-order valence-electron chi connectivity index (χ3n) is 2.23. The molecular formula is C13H17ClO5. The quantitative estimate of drug-likeness (QED) is 0.804. The zero-order valence-corrected chi connectivity index (χ0v) is 11.6. The van der Waals surface area contributed by atoms with E-state index in [1.54, 1.807) is 0 Å². The Kier molecular flexibility index (Phi) is 6.08. The average molecular weight is 289 g/mol. The number of carboxylic acids is 1. The number of aromatic carboxylic acids is 1. The summed E-state index contributed by atoms with van der Waals surface area (Å²) in [6, 6.07) is 4.15. The van der Waals surface area contributed by atoms with Gasteiger partial charge in [-0.05, 0) is 32.0 Å². The molecule has 0 aliphatic carbocycles. The van der Waals surface area contributed by atoms with Gasteiger partial charge in [-0.25, -0.2) is 4.79 Å². The smallest absolute Gasteiger partial charge is 0.335 e. The number of carboxylic acid groups (broad SMARTS) is 1. The highest BCUT2D eigenvalue weighted by Crippen LogP contribution is 2.25. The van der Waals surface area contributed by atoms with Crippen LogP contribution in [0.5, 0.6) is 5.75 Å². The molecule has 0 aromatic heterocycles. The lowest BCUT2D eigenvalue weighted by Crippen LogP contribution is -2.25. The van der Waals surface area contributed by atoms with E-state index in [4.69, 9.17) is 26.2 Å². The molecule has 2 N–H and O–H groups in total. The largest absolute Gasteiger partial charge is 0.489 e. The Morgan fingerprint density at radius 2 is 2.05 bits per heavy atom. The Balaban J connectivity index is 2.51. The topological polar surface area (TPSA) is 76.0 Å². The summed E-state index contributed by atoms with van der Waals surface area (Å²) in [5.74, 6) is -0.728. The van der Waals surface area contributed by atoms with Crippen LogP contribution >= 0.6 is 11.6 Å². The summed E-state index contributed by atoms with van der Waals surface area (Å²) in [4.78, 5) is 10.7. The second-order valence-corrected chi connectivity index (χ2v) is 4.70. The van der Waals surface area contributed by atoms with E-state index in [-0.39, 0.29) is 29.9 Å². The summed E-state index contributed by atoms with van der Waals surface area (Å²) in [5.41, 5.74) is 0.0843. The average Bonchev–Trinajstić information content (AvgIpc) is 2.34. The Labute approximate surface area is 116 Å². The Morgan fingerprint density at radius 1 is 1.37 bits per heavy atom. The lowest BCUT2D eigenvalue weighted by Gasteiger charge is -2.15. The minimum Gasteiger partial charge on any atom is -0.489 e. The third-order valence-corrected chi connectivity index (χ3v) is 2.53. The van der Waals surface area contributed by atoms with Crippen LogP contribution in [0.1, 0.15) is 24.2 Å². The number of rotatable bonds is 7. The molecule has 1 unspecified atom stereocenters. The van der Waals surface area contributed by atoms with Crippen LogP contribution < -0.4 is 4.74 Å². The van der Waals surface area contributed by atoms with Crippen LogP contribution in [0.25, 0.3) is 0 Å². The number of hydrogen-bond acceptors (Lipinski definition) is 4. The monoisotopic (exact) mass is 288 g/mol. The van der Waals surface area contributed by atoms with Crippen molar-refractivity contribution in [1.82, 2.24) is 0 Å². The first-order valence-electron chi connectivity index (χ1n) is 5.85. The van der Waals surface area contributed by atoms with Gasteiger partial charge in [0.1, 0.15) is 18.5 Å². The van der Waals surface area contributed by atoms with Gasteiger partial charge in [-0.15, -0.1) is 0 Å². The number of benzene rings is 1. The molecule has 0 aliphatic heterocycles. The molecule has 0 saturated heterocycles. The van der Waals surface area contributed by atoms with Crippen molar-refractivity contribution in [3.63, 3.8) is 0 Å². The first-order valence-corrected chi connectivity index (χ1v) is 6.23. The van der Waals surface area contributed by atoms with Crippen molar-refractivity contribution in [3.8, 4) is 5.75 Å². The molecule has 19 heavy (non-hydrogen) atoms. The van der Waals surface area contributed by atoms with E-state index in [0.29, 0.717) is 5.75 Å². The van der Waals surface area contributed by atoms with Gasteiger partial charge in [0.05, 0.1) is 23.3 Å². The number of ether oxygens (including phenoxy) is 2. The van der Waals surface area contributed by atoms with Crippen LogP contribution in [0.3, 0.4) is 0 Å². The molecule has 0 heterocycles. The van der Waals surface area contributed by atoms with E-state index >= 15 is 0 Å². The first-order chi connectivity index (χ1) is 8.90. The lowest BCUT2D eigenvalue weighted by atomic mass is 10.2.